The molecule has 0 saturated carbocycles. The molecule has 1 aromatic carbocycles. The third kappa shape index (κ3) is 5.30. The molecule has 1 aliphatic rings. The van der Waals surface area contributed by atoms with E-state index in [-0.39, 0.29) is 0 Å². The van der Waals surface area contributed by atoms with Gasteiger partial charge in [0.1, 0.15) is 5.75 Å². The summed E-state index contributed by atoms with van der Waals surface area (Å²) in [7, 11) is 0. The molecular weight excluding hydrogens is 326 g/mol. The second kappa shape index (κ2) is 8.19. The largest absolute Gasteiger partial charge is 0.492 e. The van der Waals surface area contributed by atoms with Gasteiger partial charge in [-0.15, -0.1) is 0 Å². The van der Waals surface area contributed by atoms with Crippen molar-refractivity contribution in [2.24, 2.45) is 5.92 Å². The minimum atomic E-state index is 0.825. The van der Waals surface area contributed by atoms with Gasteiger partial charge in [-0.1, -0.05) is 13.0 Å². The summed E-state index contributed by atoms with van der Waals surface area (Å²) in [6.07, 6.45) is 5.25. The van der Waals surface area contributed by atoms with E-state index in [9.17, 15) is 0 Å². The number of nitrogens with one attached hydrogen (secondary N) is 1. The van der Waals surface area contributed by atoms with E-state index >= 15 is 0 Å². The van der Waals surface area contributed by atoms with E-state index < -0.39 is 0 Å². The number of benzene rings is 1. The Balaban J connectivity index is 1.68. The van der Waals surface area contributed by atoms with Crippen LogP contribution in [0.15, 0.2) is 16.6 Å². The van der Waals surface area contributed by atoms with E-state index in [1.165, 1.54) is 50.0 Å². The highest BCUT2D eigenvalue weighted by Crippen LogP contribution is 2.30. The van der Waals surface area contributed by atoms with Crippen LogP contribution >= 0.6 is 15.9 Å². The van der Waals surface area contributed by atoms with Crippen LogP contribution in [0.2, 0.25) is 0 Å². The molecule has 0 amide bonds. The fraction of sp³-hybridized carbons (Fsp3) is 0.667. The zero-order valence-corrected chi connectivity index (χ0v) is 15.3. The molecule has 0 spiro atoms. The van der Waals surface area contributed by atoms with Crippen LogP contribution in [0.25, 0.3) is 0 Å². The van der Waals surface area contributed by atoms with E-state index in [0.29, 0.717) is 0 Å². The smallest absolute Gasteiger partial charge is 0.136 e. The molecule has 1 saturated heterocycles. The molecule has 0 bridgehead atoms. The van der Waals surface area contributed by atoms with E-state index in [1.54, 1.807) is 4.90 Å². The van der Waals surface area contributed by atoms with Gasteiger partial charge in [0.25, 0.3) is 0 Å². The highest BCUT2D eigenvalue weighted by atomic mass is 79.9. The normalized spacial score (nSPS) is 22.3. The van der Waals surface area contributed by atoms with Crippen molar-refractivity contribution in [2.45, 2.75) is 46.5 Å². The van der Waals surface area contributed by atoms with Crippen LogP contribution in [0.4, 0.5) is 0 Å². The maximum absolute atomic E-state index is 5.98. The molecule has 21 heavy (non-hydrogen) atoms. The predicted octanol–water partition coefficient (Wildman–Crippen LogP) is 3.54. The summed E-state index contributed by atoms with van der Waals surface area (Å²) in [6.45, 7) is 11.5. The average molecular weight is 355 g/mol. The SMILES string of the molecule is Cc1cc(C)c(OCCCC[NH+]2CCC[C@@H](C)C2)c(Br)c1. The van der Waals surface area contributed by atoms with Crippen molar-refractivity contribution in [1.82, 2.24) is 0 Å². The summed E-state index contributed by atoms with van der Waals surface area (Å²) in [6, 6.07) is 4.31. The van der Waals surface area contributed by atoms with Crippen molar-refractivity contribution >= 4 is 15.9 Å². The number of halogens is 1. The van der Waals surface area contributed by atoms with E-state index in [4.69, 9.17) is 4.74 Å². The van der Waals surface area contributed by atoms with Crippen LogP contribution in [0.5, 0.6) is 5.75 Å². The lowest BCUT2D eigenvalue weighted by molar-refractivity contribution is -0.908. The van der Waals surface area contributed by atoms with Crippen molar-refractivity contribution in [3.63, 3.8) is 0 Å². The fourth-order valence-electron chi connectivity index (χ4n) is 3.36. The molecule has 1 N–H and O–H groups in total. The van der Waals surface area contributed by atoms with Gasteiger partial charge in [-0.05, 0) is 72.7 Å². The number of piperidine rings is 1. The molecule has 0 aromatic heterocycles. The van der Waals surface area contributed by atoms with Gasteiger partial charge in [0, 0.05) is 5.92 Å². The Morgan fingerprint density at radius 3 is 2.81 bits per heavy atom. The van der Waals surface area contributed by atoms with Crippen LogP contribution in [-0.2, 0) is 0 Å². The number of hydrogen-bond acceptors (Lipinski definition) is 1. The molecule has 2 rings (SSSR count). The topological polar surface area (TPSA) is 13.7 Å². The third-order valence-corrected chi connectivity index (χ3v) is 5.00. The zero-order chi connectivity index (χ0) is 15.2. The average Bonchev–Trinajstić information content (AvgIpc) is 2.41. The maximum Gasteiger partial charge on any atom is 0.136 e. The summed E-state index contributed by atoms with van der Waals surface area (Å²) >= 11 is 3.61. The molecule has 0 radical (unpaired) electrons. The van der Waals surface area contributed by atoms with Crippen molar-refractivity contribution < 1.29 is 9.64 Å². The number of rotatable bonds is 6. The Morgan fingerprint density at radius 2 is 2.10 bits per heavy atom. The summed E-state index contributed by atoms with van der Waals surface area (Å²) in [4.78, 5) is 1.79. The molecule has 2 atom stereocenters. The lowest BCUT2D eigenvalue weighted by atomic mass is 10.0. The second-order valence-electron chi connectivity index (χ2n) is 6.65. The quantitative estimate of drug-likeness (QED) is 0.771. The van der Waals surface area contributed by atoms with Gasteiger partial charge >= 0.3 is 0 Å². The Bertz CT molecular complexity index is 438. The Labute approximate surface area is 138 Å². The first-order valence-electron chi connectivity index (χ1n) is 8.29. The summed E-state index contributed by atoms with van der Waals surface area (Å²) in [5.74, 6) is 1.93. The van der Waals surface area contributed by atoms with Crippen molar-refractivity contribution in [2.75, 3.05) is 26.2 Å². The van der Waals surface area contributed by atoms with E-state index in [0.717, 1.165) is 29.2 Å². The lowest BCUT2D eigenvalue weighted by Crippen LogP contribution is -3.13. The molecule has 0 aliphatic carbocycles. The van der Waals surface area contributed by atoms with Crippen molar-refractivity contribution in [3.05, 3.63) is 27.7 Å². The first-order valence-corrected chi connectivity index (χ1v) is 9.08. The van der Waals surface area contributed by atoms with Gasteiger partial charge in [-0.2, -0.15) is 0 Å². The maximum atomic E-state index is 5.98. The van der Waals surface area contributed by atoms with Crippen LogP contribution < -0.4 is 9.64 Å². The number of hydrogen-bond donors (Lipinski definition) is 1. The van der Waals surface area contributed by atoms with Crippen LogP contribution in [0.1, 0.15) is 43.7 Å². The minimum Gasteiger partial charge on any atom is -0.492 e. The highest BCUT2D eigenvalue weighted by molar-refractivity contribution is 9.10. The van der Waals surface area contributed by atoms with E-state index in [2.05, 4.69) is 48.8 Å². The van der Waals surface area contributed by atoms with Crippen molar-refractivity contribution in [3.8, 4) is 5.75 Å². The van der Waals surface area contributed by atoms with Crippen molar-refractivity contribution in [1.29, 1.82) is 0 Å². The monoisotopic (exact) mass is 354 g/mol. The first-order chi connectivity index (χ1) is 10.1. The molecule has 3 heteroatoms. The molecule has 1 heterocycles. The molecule has 1 unspecified atom stereocenters. The molecule has 1 aromatic rings. The molecular formula is C18H29BrNO+. The van der Waals surface area contributed by atoms with Crippen LogP contribution in [-0.4, -0.2) is 26.2 Å². The number of ether oxygens (including phenoxy) is 1. The van der Waals surface area contributed by atoms with Gasteiger partial charge in [0.15, 0.2) is 0 Å². The predicted molar refractivity (Wildman–Crippen MR) is 92.3 cm³/mol. The standard InChI is InChI=1S/C18H28BrNO/c1-14-7-6-9-20(13-14)8-4-5-10-21-18-16(3)11-15(2)12-17(18)19/h11-12,14H,4-10,13H2,1-3H3/p+1/t14-/m1/s1. The summed E-state index contributed by atoms with van der Waals surface area (Å²) in [5.41, 5.74) is 2.49. The van der Waals surface area contributed by atoms with Gasteiger partial charge < -0.3 is 9.64 Å². The van der Waals surface area contributed by atoms with Gasteiger partial charge in [-0.25, -0.2) is 0 Å². The second-order valence-corrected chi connectivity index (χ2v) is 7.50. The number of aryl methyl sites for hydroxylation is 2. The molecule has 2 nitrogen and oxygen atoms in total. The Hall–Kier alpha value is -0.540. The Morgan fingerprint density at radius 1 is 1.29 bits per heavy atom. The fourth-order valence-corrected chi connectivity index (χ4v) is 4.15. The van der Waals surface area contributed by atoms with Gasteiger partial charge in [0.2, 0.25) is 0 Å². The molecule has 1 fully saturated rings. The van der Waals surface area contributed by atoms with Gasteiger partial charge in [-0.3, -0.25) is 0 Å². The van der Waals surface area contributed by atoms with E-state index in [1.807, 2.05) is 0 Å². The molecule has 118 valence electrons. The van der Waals surface area contributed by atoms with Gasteiger partial charge in [0.05, 0.1) is 30.7 Å². The zero-order valence-electron chi connectivity index (χ0n) is 13.7. The van der Waals surface area contributed by atoms with Crippen LogP contribution in [0, 0.1) is 19.8 Å². The highest BCUT2D eigenvalue weighted by Gasteiger charge is 2.18. The summed E-state index contributed by atoms with van der Waals surface area (Å²) < 4.78 is 7.06. The lowest BCUT2D eigenvalue weighted by Gasteiger charge is -2.27. The number of unbranched alkanes of at least 4 members (excludes halogenated alkanes) is 1. The Kier molecular flexibility index (Phi) is 6.56. The molecule has 1 aliphatic heterocycles. The number of likely N-dealkylation sites (tertiary alicyclic amines) is 1. The number of quaternary nitrogens is 1. The summed E-state index contributed by atoms with van der Waals surface area (Å²) in [5, 5.41) is 0. The van der Waals surface area contributed by atoms with Crippen LogP contribution in [0.3, 0.4) is 0 Å². The third-order valence-electron chi connectivity index (χ3n) is 4.41. The first kappa shape index (κ1) is 16.8. The minimum absolute atomic E-state index is 0.825.